The maximum Gasteiger partial charge on any atom is 0.250 e. The Morgan fingerprint density at radius 1 is 0.767 bits per heavy atom. The van der Waals surface area contributed by atoms with Crippen molar-refractivity contribution in [1.82, 2.24) is 0 Å². The van der Waals surface area contributed by atoms with E-state index in [0.29, 0.717) is 11.4 Å². The lowest BCUT2D eigenvalue weighted by Gasteiger charge is -2.38. The number of phenolic OH excluding ortho intramolecular Hbond substituents is 1. The molecule has 0 saturated carbocycles. The molecule has 3 aromatic carbocycles. The van der Waals surface area contributed by atoms with Crippen molar-refractivity contribution in [1.29, 1.82) is 0 Å². The number of phenols is 1. The van der Waals surface area contributed by atoms with Crippen molar-refractivity contribution in [2.24, 2.45) is 0 Å². The van der Waals surface area contributed by atoms with Gasteiger partial charge in [0.1, 0.15) is 17.2 Å². The minimum atomic E-state index is -2.10. The Labute approximate surface area is 182 Å². The number of rotatable bonds is 5. The zero-order valence-electron chi connectivity index (χ0n) is 19.2. The lowest BCUT2D eigenvalue weighted by molar-refractivity contribution is 0.463. The number of aromatic hydroxyl groups is 1. The normalized spacial score (nSPS) is 12.0. The third-order valence-corrected chi connectivity index (χ3v) is 10.3. The second-order valence-corrected chi connectivity index (χ2v) is 14.2. The molecule has 3 rings (SSSR count). The molecule has 0 fully saturated rings. The Bertz CT molecular complexity index is 957. The molecule has 0 aliphatic heterocycles. The average Bonchev–Trinajstić information content (AvgIpc) is 2.65. The van der Waals surface area contributed by atoms with Crippen LogP contribution in [0.2, 0.25) is 18.1 Å². The number of aryl methyl sites for hydroxylation is 2. The summed E-state index contributed by atoms with van der Waals surface area (Å²) in [7, 11) is -2.10. The van der Waals surface area contributed by atoms with Crippen LogP contribution in [0.1, 0.15) is 31.9 Å². The summed E-state index contributed by atoms with van der Waals surface area (Å²) in [5, 5.41) is 11.0. The Hall–Kier alpha value is -2.72. The van der Waals surface area contributed by atoms with Crippen molar-refractivity contribution in [2.75, 3.05) is 4.90 Å². The fourth-order valence-corrected chi connectivity index (χ4v) is 4.06. The first-order valence-electron chi connectivity index (χ1n) is 10.4. The van der Waals surface area contributed by atoms with E-state index in [2.05, 4.69) is 101 Å². The lowest BCUT2D eigenvalue weighted by atomic mass is 10.1. The van der Waals surface area contributed by atoms with Gasteiger partial charge in [-0.1, -0.05) is 62.2 Å². The van der Waals surface area contributed by atoms with E-state index < -0.39 is 8.32 Å². The summed E-state index contributed by atoms with van der Waals surface area (Å²) < 4.78 is 6.69. The highest BCUT2D eigenvalue weighted by molar-refractivity contribution is 6.74. The third kappa shape index (κ3) is 4.54. The highest BCUT2D eigenvalue weighted by atomic mass is 28.4. The molecule has 0 spiro atoms. The standard InChI is InChI=1S/C26H33NO2Si/c1-19-11-15-21(16-12-19)27(22-17-13-20(2)14-18-22)25-23(28)9-8-10-24(25)29-30(6,7)26(3,4)5/h8-18,28H,1-7H3. The summed E-state index contributed by atoms with van der Waals surface area (Å²) >= 11 is 0. The molecule has 4 heteroatoms. The molecule has 0 atom stereocenters. The van der Waals surface area contributed by atoms with Crippen molar-refractivity contribution >= 4 is 25.4 Å². The van der Waals surface area contributed by atoms with Crippen molar-refractivity contribution in [3.05, 3.63) is 77.9 Å². The summed E-state index contributed by atoms with van der Waals surface area (Å²) in [6.07, 6.45) is 0. The fourth-order valence-electron chi connectivity index (χ4n) is 3.04. The highest BCUT2D eigenvalue weighted by Gasteiger charge is 2.40. The molecule has 0 aliphatic carbocycles. The van der Waals surface area contributed by atoms with E-state index in [9.17, 15) is 5.11 Å². The second kappa shape index (κ2) is 8.19. The molecular formula is C26H33NO2Si. The molecule has 0 bridgehead atoms. The summed E-state index contributed by atoms with van der Waals surface area (Å²) in [6, 6.07) is 22.2. The van der Waals surface area contributed by atoms with Crippen LogP contribution in [0.15, 0.2) is 66.7 Å². The minimum absolute atomic E-state index is 0.0499. The molecule has 0 aliphatic rings. The smallest absolute Gasteiger partial charge is 0.250 e. The number of hydrogen-bond donors (Lipinski definition) is 1. The average molecular weight is 420 g/mol. The Kier molecular flexibility index (Phi) is 6.00. The zero-order chi connectivity index (χ0) is 22.1. The van der Waals surface area contributed by atoms with Gasteiger partial charge in [-0.3, -0.25) is 0 Å². The summed E-state index contributed by atoms with van der Waals surface area (Å²) in [6.45, 7) is 15.3. The van der Waals surface area contributed by atoms with Crippen LogP contribution in [0, 0.1) is 13.8 Å². The van der Waals surface area contributed by atoms with Gasteiger partial charge in [-0.05, 0) is 68.4 Å². The highest BCUT2D eigenvalue weighted by Crippen LogP contribution is 2.48. The van der Waals surface area contributed by atoms with Gasteiger partial charge in [0.15, 0.2) is 0 Å². The number of hydrogen-bond acceptors (Lipinski definition) is 3. The van der Waals surface area contributed by atoms with Gasteiger partial charge >= 0.3 is 0 Å². The first-order chi connectivity index (χ1) is 14.0. The maximum atomic E-state index is 11.0. The molecule has 0 heterocycles. The maximum absolute atomic E-state index is 11.0. The van der Waals surface area contributed by atoms with Crippen LogP contribution in [0.25, 0.3) is 0 Å². The number of nitrogens with zero attached hydrogens (tertiary/aromatic N) is 1. The van der Waals surface area contributed by atoms with E-state index >= 15 is 0 Å². The van der Waals surface area contributed by atoms with Gasteiger partial charge in [-0.15, -0.1) is 0 Å². The van der Waals surface area contributed by atoms with Gasteiger partial charge in [0.05, 0.1) is 0 Å². The van der Waals surface area contributed by atoms with Crippen molar-refractivity contribution in [3.63, 3.8) is 0 Å². The Morgan fingerprint density at radius 3 is 1.67 bits per heavy atom. The molecular weight excluding hydrogens is 386 g/mol. The van der Waals surface area contributed by atoms with E-state index in [1.54, 1.807) is 6.07 Å². The summed E-state index contributed by atoms with van der Waals surface area (Å²) in [5.74, 6) is 0.912. The predicted molar refractivity (Wildman–Crippen MR) is 130 cm³/mol. The predicted octanol–water partition coefficient (Wildman–Crippen LogP) is 7.86. The van der Waals surface area contributed by atoms with Crippen molar-refractivity contribution < 1.29 is 9.53 Å². The quantitative estimate of drug-likeness (QED) is 0.427. The molecule has 0 unspecified atom stereocenters. The largest absolute Gasteiger partial charge is 0.542 e. The van der Waals surface area contributed by atoms with E-state index in [0.717, 1.165) is 11.4 Å². The number of benzene rings is 3. The molecule has 30 heavy (non-hydrogen) atoms. The Morgan fingerprint density at radius 2 is 1.23 bits per heavy atom. The first kappa shape index (κ1) is 22.0. The van der Waals surface area contributed by atoms with Gasteiger partial charge < -0.3 is 14.4 Å². The lowest BCUT2D eigenvalue weighted by Crippen LogP contribution is -2.44. The monoisotopic (exact) mass is 419 g/mol. The first-order valence-corrected chi connectivity index (χ1v) is 13.3. The van der Waals surface area contributed by atoms with Gasteiger partial charge in [0.25, 0.3) is 8.32 Å². The molecule has 3 aromatic rings. The Balaban J connectivity index is 2.21. The molecule has 0 amide bonds. The summed E-state index contributed by atoms with van der Waals surface area (Å²) in [4.78, 5) is 2.08. The molecule has 158 valence electrons. The van der Waals surface area contributed by atoms with Crippen LogP contribution in [0.4, 0.5) is 17.1 Å². The van der Waals surface area contributed by atoms with E-state index in [-0.39, 0.29) is 10.8 Å². The van der Waals surface area contributed by atoms with Crippen LogP contribution >= 0.6 is 0 Å². The van der Waals surface area contributed by atoms with Gasteiger partial charge in [-0.2, -0.15) is 0 Å². The van der Waals surface area contributed by atoms with Gasteiger partial charge in [0.2, 0.25) is 0 Å². The summed E-state index contributed by atoms with van der Waals surface area (Å²) in [5.41, 5.74) is 5.02. The second-order valence-electron chi connectivity index (χ2n) is 9.49. The van der Waals surface area contributed by atoms with Crippen LogP contribution < -0.4 is 9.33 Å². The van der Waals surface area contributed by atoms with E-state index in [1.165, 1.54) is 11.1 Å². The molecule has 3 nitrogen and oxygen atoms in total. The molecule has 0 radical (unpaired) electrons. The fraction of sp³-hybridized carbons (Fsp3) is 0.308. The van der Waals surface area contributed by atoms with E-state index in [4.69, 9.17) is 4.43 Å². The number of para-hydroxylation sites is 1. The van der Waals surface area contributed by atoms with Crippen molar-refractivity contribution in [3.8, 4) is 11.5 Å². The third-order valence-electron chi connectivity index (χ3n) is 5.96. The van der Waals surface area contributed by atoms with Crippen molar-refractivity contribution in [2.45, 2.75) is 52.8 Å². The van der Waals surface area contributed by atoms with Gasteiger partial charge in [0, 0.05) is 11.4 Å². The van der Waals surface area contributed by atoms with Crippen LogP contribution in [-0.4, -0.2) is 13.4 Å². The number of anilines is 3. The molecule has 0 aromatic heterocycles. The van der Waals surface area contributed by atoms with E-state index in [1.807, 2.05) is 12.1 Å². The topological polar surface area (TPSA) is 32.7 Å². The zero-order valence-corrected chi connectivity index (χ0v) is 20.2. The van der Waals surface area contributed by atoms with Gasteiger partial charge in [-0.25, -0.2) is 0 Å². The molecule has 0 saturated heterocycles. The van der Waals surface area contributed by atoms with Crippen LogP contribution in [0.3, 0.4) is 0 Å². The van der Waals surface area contributed by atoms with Crippen LogP contribution in [-0.2, 0) is 0 Å². The SMILES string of the molecule is Cc1ccc(N(c2ccc(C)cc2)c2c(O)cccc2O[Si](C)(C)C(C)(C)C)cc1. The minimum Gasteiger partial charge on any atom is -0.542 e. The van der Waals surface area contributed by atoms with Crippen LogP contribution in [0.5, 0.6) is 11.5 Å². The molecule has 1 N–H and O–H groups in total.